The molecule has 13 heavy (non-hydrogen) atoms. The molecular formula is C10H11NO2. The summed E-state index contributed by atoms with van der Waals surface area (Å²) in [5, 5.41) is 9.09. The minimum Gasteiger partial charge on any atom is -0.508 e. The minimum absolute atomic E-state index is 0.0898. The van der Waals surface area contributed by atoms with E-state index < -0.39 is 0 Å². The Balaban J connectivity index is 3.06. The predicted molar refractivity (Wildman–Crippen MR) is 51.6 cm³/mol. The van der Waals surface area contributed by atoms with Crippen LogP contribution in [-0.2, 0) is 0 Å². The van der Waals surface area contributed by atoms with E-state index in [9.17, 15) is 4.79 Å². The van der Waals surface area contributed by atoms with Gasteiger partial charge in [0.15, 0.2) is 6.29 Å². The summed E-state index contributed by atoms with van der Waals surface area (Å²) in [4.78, 5) is 10.6. The van der Waals surface area contributed by atoms with Gasteiger partial charge in [-0.1, -0.05) is 18.2 Å². The molecule has 0 saturated heterocycles. The summed E-state index contributed by atoms with van der Waals surface area (Å²) < 4.78 is 0. The topological polar surface area (TPSA) is 63.3 Å². The van der Waals surface area contributed by atoms with Crippen LogP contribution in [0.4, 0.5) is 0 Å². The van der Waals surface area contributed by atoms with Crippen LogP contribution in [0.1, 0.15) is 15.9 Å². The molecule has 0 aliphatic heterocycles. The van der Waals surface area contributed by atoms with E-state index in [0.717, 1.165) is 5.56 Å². The molecule has 1 aromatic rings. The first-order chi connectivity index (χ1) is 6.27. The molecule has 3 heteroatoms. The van der Waals surface area contributed by atoms with Crippen molar-refractivity contribution in [3.05, 3.63) is 35.4 Å². The molecule has 0 saturated carbocycles. The monoisotopic (exact) mass is 177 g/mol. The first-order valence-corrected chi connectivity index (χ1v) is 3.92. The first-order valence-electron chi connectivity index (χ1n) is 3.92. The molecule has 0 atom stereocenters. The summed E-state index contributed by atoms with van der Waals surface area (Å²) in [7, 11) is 0. The molecule has 0 heterocycles. The van der Waals surface area contributed by atoms with E-state index in [4.69, 9.17) is 10.8 Å². The van der Waals surface area contributed by atoms with Gasteiger partial charge in [0.05, 0.1) is 0 Å². The van der Waals surface area contributed by atoms with Crippen molar-refractivity contribution in [2.24, 2.45) is 5.73 Å². The van der Waals surface area contributed by atoms with E-state index in [1.165, 1.54) is 12.1 Å². The zero-order valence-corrected chi connectivity index (χ0v) is 7.10. The van der Waals surface area contributed by atoms with Crippen molar-refractivity contribution in [1.82, 2.24) is 0 Å². The maximum atomic E-state index is 10.6. The van der Waals surface area contributed by atoms with Crippen LogP contribution in [0.15, 0.2) is 24.3 Å². The van der Waals surface area contributed by atoms with Gasteiger partial charge in [-0.05, 0) is 17.7 Å². The number of carbonyl (C=O) groups excluding carboxylic acids is 1. The average molecular weight is 177 g/mol. The van der Waals surface area contributed by atoms with Crippen LogP contribution in [0.5, 0.6) is 5.75 Å². The van der Waals surface area contributed by atoms with Crippen molar-refractivity contribution in [2.45, 2.75) is 0 Å². The van der Waals surface area contributed by atoms with Gasteiger partial charge in [-0.25, -0.2) is 0 Å². The number of phenols is 1. The Morgan fingerprint density at radius 2 is 2.15 bits per heavy atom. The Kier molecular flexibility index (Phi) is 3.23. The first kappa shape index (κ1) is 9.48. The Morgan fingerprint density at radius 3 is 2.77 bits per heavy atom. The van der Waals surface area contributed by atoms with Crippen LogP contribution >= 0.6 is 0 Å². The van der Waals surface area contributed by atoms with Gasteiger partial charge in [0.1, 0.15) is 5.75 Å². The summed E-state index contributed by atoms with van der Waals surface area (Å²) in [5.41, 5.74) is 6.50. The number of rotatable bonds is 3. The summed E-state index contributed by atoms with van der Waals surface area (Å²) in [6, 6.07) is 4.62. The highest BCUT2D eigenvalue weighted by Crippen LogP contribution is 2.15. The number of aromatic hydroxyl groups is 1. The van der Waals surface area contributed by atoms with Crippen molar-refractivity contribution >= 4 is 12.4 Å². The molecule has 68 valence electrons. The lowest BCUT2D eigenvalue weighted by Crippen LogP contribution is -1.93. The van der Waals surface area contributed by atoms with E-state index in [1.54, 1.807) is 18.2 Å². The molecule has 0 spiro atoms. The van der Waals surface area contributed by atoms with Gasteiger partial charge in [-0.15, -0.1) is 0 Å². The zero-order valence-electron chi connectivity index (χ0n) is 7.10. The SMILES string of the molecule is NCC=Cc1ccc(O)cc1C=O. The average Bonchev–Trinajstić information content (AvgIpc) is 2.16. The highest BCUT2D eigenvalue weighted by molar-refractivity contribution is 5.82. The van der Waals surface area contributed by atoms with Gasteiger partial charge in [0.2, 0.25) is 0 Å². The zero-order chi connectivity index (χ0) is 9.68. The number of hydrogen-bond acceptors (Lipinski definition) is 3. The number of aldehydes is 1. The second kappa shape index (κ2) is 4.42. The van der Waals surface area contributed by atoms with Crippen LogP contribution < -0.4 is 5.73 Å². The Morgan fingerprint density at radius 1 is 1.38 bits per heavy atom. The summed E-state index contributed by atoms with van der Waals surface area (Å²) in [6.45, 7) is 0.430. The smallest absolute Gasteiger partial charge is 0.150 e. The maximum Gasteiger partial charge on any atom is 0.150 e. The predicted octanol–water partition coefficient (Wildman–Crippen LogP) is 1.18. The summed E-state index contributed by atoms with van der Waals surface area (Å²) in [5.74, 6) is 0.0898. The molecule has 0 amide bonds. The van der Waals surface area contributed by atoms with Gasteiger partial charge in [-0.3, -0.25) is 4.79 Å². The third-order valence-corrected chi connectivity index (χ3v) is 1.63. The van der Waals surface area contributed by atoms with E-state index in [-0.39, 0.29) is 5.75 Å². The quantitative estimate of drug-likeness (QED) is 0.681. The van der Waals surface area contributed by atoms with Gasteiger partial charge in [0.25, 0.3) is 0 Å². The number of carbonyl (C=O) groups is 1. The van der Waals surface area contributed by atoms with E-state index in [1.807, 2.05) is 0 Å². The van der Waals surface area contributed by atoms with Crippen LogP contribution in [0, 0.1) is 0 Å². The minimum atomic E-state index is 0.0898. The molecule has 0 aliphatic carbocycles. The second-order valence-corrected chi connectivity index (χ2v) is 2.57. The maximum absolute atomic E-state index is 10.6. The molecule has 0 aromatic heterocycles. The Hall–Kier alpha value is -1.61. The molecule has 0 unspecified atom stereocenters. The lowest BCUT2D eigenvalue weighted by molar-refractivity contribution is 0.112. The van der Waals surface area contributed by atoms with Crippen LogP contribution in [-0.4, -0.2) is 17.9 Å². The number of benzene rings is 1. The van der Waals surface area contributed by atoms with Crippen molar-refractivity contribution in [3.8, 4) is 5.75 Å². The number of nitrogens with two attached hydrogens (primary N) is 1. The van der Waals surface area contributed by atoms with Gasteiger partial charge < -0.3 is 10.8 Å². The molecule has 1 aromatic carbocycles. The Labute approximate surface area is 76.5 Å². The third kappa shape index (κ3) is 2.42. The largest absolute Gasteiger partial charge is 0.508 e. The van der Waals surface area contributed by atoms with Crippen LogP contribution in [0.25, 0.3) is 6.08 Å². The summed E-state index contributed by atoms with van der Waals surface area (Å²) >= 11 is 0. The number of phenolic OH excluding ortho intramolecular Hbond substituents is 1. The lowest BCUT2D eigenvalue weighted by atomic mass is 10.1. The van der Waals surface area contributed by atoms with Crippen molar-refractivity contribution in [2.75, 3.05) is 6.54 Å². The normalized spacial score (nSPS) is 10.5. The highest BCUT2D eigenvalue weighted by Gasteiger charge is 1.98. The fraction of sp³-hybridized carbons (Fsp3) is 0.100. The molecule has 3 N–H and O–H groups in total. The van der Waals surface area contributed by atoms with Crippen LogP contribution in [0.3, 0.4) is 0 Å². The van der Waals surface area contributed by atoms with E-state index >= 15 is 0 Å². The standard InChI is InChI=1S/C10H11NO2/c11-5-1-2-8-3-4-10(13)6-9(8)7-12/h1-4,6-7,13H,5,11H2. The molecule has 3 nitrogen and oxygen atoms in total. The second-order valence-electron chi connectivity index (χ2n) is 2.57. The Bertz CT molecular complexity index is 332. The molecular weight excluding hydrogens is 166 g/mol. The molecule has 0 aliphatic rings. The van der Waals surface area contributed by atoms with E-state index in [0.29, 0.717) is 18.4 Å². The molecule has 0 radical (unpaired) electrons. The molecule has 0 fully saturated rings. The van der Waals surface area contributed by atoms with Crippen molar-refractivity contribution < 1.29 is 9.90 Å². The van der Waals surface area contributed by atoms with Gasteiger partial charge in [-0.2, -0.15) is 0 Å². The van der Waals surface area contributed by atoms with Crippen molar-refractivity contribution in [3.63, 3.8) is 0 Å². The summed E-state index contributed by atoms with van der Waals surface area (Å²) in [6.07, 6.45) is 4.21. The third-order valence-electron chi connectivity index (χ3n) is 1.63. The van der Waals surface area contributed by atoms with E-state index in [2.05, 4.69) is 0 Å². The van der Waals surface area contributed by atoms with Gasteiger partial charge >= 0.3 is 0 Å². The van der Waals surface area contributed by atoms with Crippen LogP contribution in [0.2, 0.25) is 0 Å². The van der Waals surface area contributed by atoms with Gasteiger partial charge in [0, 0.05) is 12.1 Å². The highest BCUT2D eigenvalue weighted by atomic mass is 16.3. The molecule has 0 bridgehead atoms. The number of hydrogen-bond donors (Lipinski definition) is 2. The van der Waals surface area contributed by atoms with Crippen molar-refractivity contribution in [1.29, 1.82) is 0 Å². The molecule has 1 rings (SSSR count). The lowest BCUT2D eigenvalue weighted by Gasteiger charge is -1.98. The fourth-order valence-electron chi connectivity index (χ4n) is 1.01. The fourth-order valence-corrected chi connectivity index (χ4v) is 1.01.